The molecule has 1 amide bonds. The van der Waals surface area contributed by atoms with Crippen LogP contribution in [0.15, 0.2) is 18.2 Å². The summed E-state index contributed by atoms with van der Waals surface area (Å²) in [5, 5.41) is 16.7. The van der Waals surface area contributed by atoms with Crippen LogP contribution in [0.2, 0.25) is 0 Å². The number of aromatic nitrogens is 3. The molecule has 1 aromatic carbocycles. The minimum absolute atomic E-state index is 0.103. The molecule has 0 saturated heterocycles. The van der Waals surface area contributed by atoms with Gasteiger partial charge in [-0.05, 0) is 25.1 Å². The van der Waals surface area contributed by atoms with Gasteiger partial charge in [-0.15, -0.1) is 5.10 Å². The molecule has 2 aromatic rings. The van der Waals surface area contributed by atoms with Gasteiger partial charge in [0.2, 0.25) is 5.91 Å². The van der Waals surface area contributed by atoms with Crippen LogP contribution in [0.3, 0.4) is 0 Å². The smallest absolute Gasteiger partial charge is 0.335 e. The van der Waals surface area contributed by atoms with E-state index in [9.17, 15) is 9.59 Å². The van der Waals surface area contributed by atoms with Gasteiger partial charge in [0.05, 0.1) is 11.1 Å². The van der Waals surface area contributed by atoms with Crippen molar-refractivity contribution in [3.8, 4) is 0 Å². The Morgan fingerprint density at radius 3 is 2.63 bits per heavy atom. The van der Waals surface area contributed by atoms with E-state index in [0.717, 1.165) is 0 Å². The number of hydrogen-bond acceptors (Lipinski definition) is 4. The number of benzene rings is 1. The third kappa shape index (κ3) is 2.26. The van der Waals surface area contributed by atoms with Crippen LogP contribution in [0, 0.1) is 0 Å². The maximum absolute atomic E-state index is 11.9. The van der Waals surface area contributed by atoms with Gasteiger partial charge < -0.3 is 10.0 Å². The number of aromatic carboxylic acids is 1. The number of fused-ring (bicyclic) bond motifs is 1. The van der Waals surface area contributed by atoms with Crippen molar-refractivity contribution >= 4 is 22.9 Å². The second-order valence-electron chi connectivity index (χ2n) is 4.45. The van der Waals surface area contributed by atoms with E-state index in [-0.39, 0.29) is 11.5 Å². The summed E-state index contributed by atoms with van der Waals surface area (Å²) < 4.78 is 1.49. The van der Waals surface area contributed by atoms with Gasteiger partial charge in [0, 0.05) is 14.1 Å². The first-order chi connectivity index (χ1) is 8.91. The van der Waals surface area contributed by atoms with Crippen LogP contribution in [0.4, 0.5) is 0 Å². The second kappa shape index (κ2) is 4.68. The van der Waals surface area contributed by atoms with Crippen molar-refractivity contribution < 1.29 is 14.7 Å². The van der Waals surface area contributed by atoms with Crippen molar-refractivity contribution in [2.75, 3.05) is 14.1 Å². The summed E-state index contributed by atoms with van der Waals surface area (Å²) in [5.74, 6) is -1.12. The molecule has 19 heavy (non-hydrogen) atoms. The van der Waals surface area contributed by atoms with E-state index < -0.39 is 12.0 Å². The summed E-state index contributed by atoms with van der Waals surface area (Å²) in [6.45, 7) is 1.72. The molecule has 0 spiro atoms. The molecule has 7 nitrogen and oxygen atoms in total. The number of carboxylic acid groups (broad SMARTS) is 1. The number of carbonyl (C=O) groups excluding carboxylic acids is 1. The minimum atomic E-state index is -1.02. The number of nitrogens with zero attached hydrogens (tertiary/aromatic N) is 4. The predicted molar refractivity (Wildman–Crippen MR) is 67.9 cm³/mol. The number of carbonyl (C=O) groups is 2. The molecule has 0 bridgehead atoms. The van der Waals surface area contributed by atoms with Crippen LogP contribution in [0.1, 0.15) is 23.3 Å². The van der Waals surface area contributed by atoms with E-state index in [4.69, 9.17) is 5.11 Å². The normalized spacial score (nSPS) is 12.4. The molecular weight excluding hydrogens is 248 g/mol. The summed E-state index contributed by atoms with van der Waals surface area (Å²) in [6, 6.07) is 4.03. The van der Waals surface area contributed by atoms with Crippen LogP contribution in [-0.2, 0) is 4.79 Å². The number of rotatable bonds is 3. The molecule has 100 valence electrons. The molecule has 1 N–H and O–H groups in total. The number of hydrogen-bond donors (Lipinski definition) is 1. The first-order valence-electron chi connectivity index (χ1n) is 5.71. The third-order valence-electron chi connectivity index (χ3n) is 2.88. The highest BCUT2D eigenvalue weighted by Gasteiger charge is 2.20. The number of likely N-dealkylation sites (N-methyl/N-ethyl adjacent to an activating group) is 1. The molecule has 0 aliphatic rings. The molecule has 0 saturated carbocycles. The van der Waals surface area contributed by atoms with Crippen LogP contribution < -0.4 is 0 Å². The van der Waals surface area contributed by atoms with Crippen LogP contribution in [0.5, 0.6) is 0 Å². The maximum atomic E-state index is 11.9. The van der Waals surface area contributed by atoms with Gasteiger partial charge in [-0.2, -0.15) is 0 Å². The van der Waals surface area contributed by atoms with Crippen molar-refractivity contribution in [1.29, 1.82) is 0 Å². The Hall–Kier alpha value is -2.44. The zero-order valence-electron chi connectivity index (χ0n) is 10.9. The highest BCUT2D eigenvalue weighted by Crippen LogP contribution is 2.18. The highest BCUT2D eigenvalue weighted by molar-refractivity contribution is 5.92. The Morgan fingerprint density at radius 1 is 1.37 bits per heavy atom. The fourth-order valence-electron chi connectivity index (χ4n) is 1.84. The Labute approximate surface area is 109 Å². The lowest BCUT2D eigenvalue weighted by Crippen LogP contribution is -2.30. The Morgan fingerprint density at radius 2 is 2.05 bits per heavy atom. The maximum Gasteiger partial charge on any atom is 0.335 e. The first kappa shape index (κ1) is 13.0. The van der Waals surface area contributed by atoms with Gasteiger partial charge in [0.15, 0.2) is 0 Å². The summed E-state index contributed by atoms with van der Waals surface area (Å²) in [5.41, 5.74) is 1.23. The van der Waals surface area contributed by atoms with E-state index in [1.54, 1.807) is 27.1 Å². The molecule has 0 fully saturated rings. The van der Waals surface area contributed by atoms with Crippen molar-refractivity contribution in [2.45, 2.75) is 13.0 Å². The summed E-state index contributed by atoms with van der Waals surface area (Å²) in [6.07, 6.45) is 0. The lowest BCUT2D eigenvalue weighted by molar-refractivity contribution is -0.131. The highest BCUT2D eigenvalue weighted by atomic mass is 16.4. The van der Waals surface area contributed by atoms with Gasteiger partial charge in [0.25, 0.3) is 0 Å². The molecular formula is C12H14N4O3. The fraction of sp³-hybridized carbons (Fsp3) is 0.333. The average molecular weight is 262 g/mol. The standard InChI is InChI=1S/C12H14N4O3/c1-7(11(17)15(2)3)16-10-5-4-8(12(18)19)6-9(10)13-14-16/h4-7H,1-3H3,(H,18,19). The molecule has 1 heterocycles. The van der Waals surface area contributed by atoms with Crippen LogP contribution in [0.25, 0.3) is 11.0 Å². The van der Waals surface area contributed by atoms with Gasteiger partial charge in [-0.1, -0.05) is 5.21 Å². The van der Waals surface area contributed by atoms with E-state index in [1.165, 1.54) is 21.7 Å². The SMILES string of the molecule is CC(C(=O)N(C)C)n1nnc2cc(C(=O)O)ccc21. The minimum Gasteiger partial charge on any atom is -0.478 e. The Kier molecular flexibility index (Phi) is 3.20. The number of amides is 1. The van der Waals surface area contributed by atoms with Gasteiger partial charge in [0.1, 0.15) is 11.6 Å². The fourth-order valence-corrected chi connectivity index (χ4v) is 1.84. The molecule has 1 atom stereocenters. The van der Waals surface area contributed by atoms with E-state index in [1.807, 2.05) is 0 Å². The third-order valence-corrected chi connectivity index (χ3v) is 2.88. The Bertz CT molecular complexity index is 647. The van der Waals surface area contributed by atoms with Crippen molar-refractivity contribution in [3.63, 3.8) is 0 Å². The predicted octanol–water partition coefficient (Wildman–Crippen LogP) is 0.779. The zero-order chi connectivity index (χ0) is 14.2. The monoisotopic (exact) mass is 262 g/mol. The summed E-state index contributed by atoms with van der Waals surface area (Å²) in [4.78, 5) is 24.2. The molecule has 0 aliphatic heterocycles. The van der Waals surface area contributed by atoms with Gasteiger partial charge in [-0.3, -0.25) is 4.79 Å². The Balaban J connectivity index is 2.46. The lowest BCUT2D eigenvalue weighted by Gasteiger charge is -2.17. The van der Waals surface area contributed by atoms with Gasteiger partial charge in [-0.25, -0.2) is 9.48 Å². The molecule has 7 heteroatoms. The van der Waals surface area contributed by atoms with Gasteiger partial charge >= 0.3 is 5.97 Å². The second-order valence-corrected chi connectivity index (χ2v) is 4.45. The van der Waals surface area contributed by atoms with E-state index >= 15 is 0 Å². The summed E-state index contributed by atoms with van der Waals surface area (Å²) >= 11 is 0. The lowest BCUT2D eigenvalue weighted by atomic mass is 10.2. The average Bonchev–Trinajstić information content (AvgIpc) is 2.79. The summed E-state index contributed by atoms with van der Waals surface area (Å²) in [7, 11) is 3.33. The molecule has 1 unspecified atom stereocenters. The van der Waals surface area contributed by atoms with Crippen LogP contribution >= 0.6 is 0 Å². The molecule has 0 aliphatic carbocycles. The molecule has 1 aromatic heterocycles. The van der Waals surface area contributed by atoms with Crippen molar-refractivity contribution in [2.24, 2.45) is 0 Å². The number of carboxylic acids is 1. The molecule has 2 rings (SSSR count). The topological polar surface area (TPSA) is 88.3 Å². The van der Waals surface area contributed by atoms with Crippen molar-refractivity contribution in [1.82, 2.24) is 19.9 Å². The molecule has 0 radical (unpaired) electrons. The van der Waals surface area contributed by atoms with Crippen molar-refractivity contribution in [3.05, 3.63) is 23.8 Å². The van der Waals surface area contributed by atoms with E-state index in [2.05, 4.69) is 10.3 Å². The first-order valence-corrected chi connectivity index (χ1v) is 5.71. The van der Waals surface area contributed by atoms with Crippen LogP contribution in [-0.4, -0.2) is 51.0 Å². The quantitative estimate of drug-likeness (QED) is 0.883. The largest absolute Gasteiger partial charge is 0.478 e. The zero-order valence-corrected chi connectivity index (χ0v) is 10.9. The van der Waals surface area contributed by atoms with E-state index in [0.29, 0.717) is 11.0 Å².